The van der Waals surface area contributed by atoms with Crippen molar-refractivity contribution in [3.63, 3.8) is 0 Å². The van der Waals surface area contributed by atoms with Crippen molar-refractivity contribution in [2.45, 2.75) is 40.0 Å². The number of rotatable bonds is 5. The number of primary amides is 1. The fourth-order valence-electron chi connectivity index (χ4n) is 2.23. The first kappa shape index (κ1) is 15.0. The van der Waals surface area contributed by atoms with E-state index in [2.05, 4.69) is 28.2 Å². The second-order valence-corrected chi connectivity index (χ2v) is 4.78. The van der Waals surface area contributed by atoms with Crippen LogP contribution in [-0.4, -0.2) is 21.2 Å². The summed E-state index contributed by atoms with van der Waals surface area (Å²) in [4.78, 5) is 17.5. The van der Waals surface area contributed by atoms with Crippen molar-refractivity contribution in [3.8, 4) is 0 Å². The van der Waals surface area contributed by atoms with Gasteiger partial charge in [-0.1, -0.05) is 32.9 Å². The molecule has 6 heteroatoms. The van der Waals surface area contributed by atoms with Gasteiger partial charge >= 0.3 is 6.03 Å². The lowest BCUT2D eigenvalue weighted by Crippen LogP contribution is -2.33. The van der Waals surface area contributed by atoms with E-state index in [0.717, 1.165) is 36.3 Å². The number of carbonyl (C=O) groups excluding carboxylic acids is 1. The Labute approximate surface area is 124 Å². The molecule has 2 rings (SSSR count). The van der Waals surface area contributed by atoms with Gasteiger partial charge in [-0.25, -0.2) is 9.69 Å². The normalized spacial score (nSPS) is 10.6. The fraction of sp³-hybridized carbons (Fsp3) is 0.400. The third kappa shape index (κ3) is 3.04. The number of nitrogens with zero attached hydrogens (tertiary/aromatic N) is 3. The van der Waals surface area contributed by atoms with Gasteiger partial charge < -0.3 is 5.73 Å². The van der Waals surface area contributed by atoms with Gasteiger partial charge in [0.2, 0.25) is 0 Å². The van der Waals surface area contributed by atoms with Crippen molar-refractivity contribution in [3.05, 3.63) is 35.2 Å². The summed E-state index contributed by atoms with van der Waals surface area (Å²) >= 11 is 0. The average Bonchev–Trinajstić information content (AvgIpc) is 2.96. The van der Waals surface area contributed by atoms with Crippen LogP contribution in [0.3, 0.4) is 0 Å². The van der Waals surface area contributed by atoms with Gasteiger partial charge in [-0.05, 0) is 30.0 Å². The maximum absolute atomic E-state index is 11.9. The molecule has 0 aliphatic carbocycles. The minimum atomic E-state index is -0.587. The number of hydrogen-bond acceptors (Lipinski definition) is 3. The molecule has 0 saturated heterocycles. The number of hydrogen-bond donors (Lipinski definition) is 2. The van der Waals surface area contributed by atoms with Crippen LogP contribution in [0.5, 0.6) is 0 Å². The molecular formula is C15H21N5O. The summed E-state index contributed by atoms with van der Waals surface area (Å²) in [5, 5.41) is 6.90. The summed E-state index contributed by atoms with van der Waals surface area (Å²) in [6.07, 6.45) is 2.47. The van der Waals surface area contributed by atoms with E-state index >= 15 is 0 Å². The molecule has 1 heterocycles. The minimum absolute atomic E-state index is 0.290. The van der Waals surface area contributed by atoms with E-state index in [0.29, 0.717) is 5.95 Å². The number of aromatic amines is 1. The first-order valence-corrected chi connectivity index (χ1v) is 7.23. The number of aryl methyl sites for hydroxylation is 3. The van der Waals surface area contributed by atoms with Crippen LogP contribution in [0, 0.1) is 0 Å². The molecule has 0 unspecified atom stereocenters. The Morgan fingerprint density at radius 3 is 2.52 bits per heavy atom. The molecule has 0 aliphatic rings. The Kier molecular flexibility index (Phi) is 4.57. The molecule has 2 aromatic rings. The zero-order chi connectivity index (χ0) is 15.4. The van der Waals surface area contributed by atoms with Gasteiger partial charge in [0.15, 0.2) is 0 Å². The maximum Gasteiger partial charge on any atom is 0.326 e. The van der Waals surface area contributed by atoms with Gasteiger partial charge in [0, 0.05) is 6.42 Å². The summed E-state index contributed by atoms with van der Waals surface area (Å²) in [7, 11) is 0. The van der Waals surface area contributed by atoms with Gasteiger partial charge in [0.25, 0.3) is 5.95 Å². The third-order valence-electron chi connectivity index (χ3n) is 3.45. The van der Waals surface area contributed by atoms with E-state index in [1.165, 1.54) is 10.5 Å². The van der Waals surface area contributed by atoms with Gasteiger partial charge in [-0.2, -0.15) is 4.98 Å². The largest absolute Gasteiger partial charge is 0.351 e. The van der Waals surface area contributed by atoms with Crippen LogP contribution in [0.15, 0.2) is 18.2 Å². The first-order valence-electron chi connectivity index (χ1n) is 7.23. The van der Waals surface area contributed by atoms with Crippen LogP contribution in [0.1, 0.15) is 37.7 Å². The average molecular weight is 287 g/mol. The molecular weight excluding hydrogens is 266 g/mol. The van der Waals surface area contributed by atoms with E-state index in [1.807, 2.05) is 26.0 Å². The van der Waals surface area contributed by atoms with Gasteiger partial charge in [0.1, 0.15) is 5.82 Å². The lowest BCUT2D eigenvalue weighted by Gasteiger charge is -2.20. The Bertz CT molecular complexity index is 635. The topological polar surface area (TPSA) is 87.9 Å². The van der Waals surface area contributed by atoms with Crippen LogP contribution < -0.4 is 10.6 Å². The predicted octanol–water partition coefficient (Wildman–Crippen LogP) is 2.71. The third-order valence-corrected chi connectivity index (χ3v) is 3.45. The Morgan fingerprint density at radius 2 is 2.00 bits per heavy atom. The van der Waals surface area contributed by atoms with E-state index in [4.69, 9.17) is 5.73 Å². The molecule has 0 bridgehead atoms. The number of nitrogens with two attached hydrogens (primary N) is 1. The van der Waals surface area contributed by atoms with Crippen LogP contribution in [0.4, 0.5) is 16.4 Å². The number of urea groups is 1. The molecule has 21 heavy (non-hydrogen) atoms. The SMILES string of the molecule is CCc1ccc(N(C(N)=O)c2n[nH]c(CC)n2)c(CC)c1. The fourth-order valence-corrected chi connectivity index (χ4v) is 2.23. The zero-order valence-corrected chi connectivity index (χ0v) is 12.7. The van der Waals surface area contributed by atoms with E-state index < -0.39 is 6.03 Å². The highest BCUT2D eigenvalue weighted by atomic mass is 16.2. The van der Waals surface area contributed by atoms with Gasteiger partial charge in [-0.15, -0.1) is 5.10 Å². The molecule has 2 amide bonds. The van der Waals surface area contributed by atoms with E-state index in [-0.39, 0.29) is 0 Å². The second-order valence-electron chi connectivity index (χ2n) is 4.78. The number of H-pyrrole nitrogens is 1. The van der Waals surface area contributed by atoms with Crippen LogP contribution in [0.25, 0.3) is 0 Å². The second kappa shape index (κ2) is 6.39. The monoisotopic (exact) mass is 287 g/mol. The summed E-state index contributed by atoms with van der Waals surface area (Å²) in [5.74, 6) is 1.01. The van der Waals surface area contributed by atoms with Gasteiger partial charge in [-0.3, -0.25) is 5.10 Å². The summed E-state index contributed by atoms with van der Waals surface area (Å²) in [6.45, 7) is 6.11. The number of carbonyl (C=O) groups is 1. The molecule has 1 aromatic heterocycles. The molecule has 3 N–H and O–H groups in total. The molecule has 0 saturated carbocycles. The zero-order valence-electron chi connectivity index (χ0n) is 12.7. The van der Waals surface area contributed by atoms with Crippen molar-refractivity contribution in [2.24, 2.45) is 5.73 Å². The highest BCUT2D eigenvalue weighted by molar-refractivity contribution is 5.97. The molecule has 0 fully saturated rings. The summed E-state index contributed by atoms with van der Waals surface area (Å²) < 4.78 is 0. The lowest BCUT2D eigenvalue weighted by molar-refractivity contribution is 0.256. The molecule has 0 aliphatic heterocycles. The van der Waals surface area contributed by atoms with Crippen LogP contribution >= 0.6 is 0 Å². The minimum Gasteiger partial charge on any atom is -0.351 e. The predicted molar refractivity (Wildman–Crippen MR) is 82.7 cm³/mol. The molecule has 112 valence electrons. The Hall–Kier alpha value is -2.37. The van der Waals surface area contributed by atoms with Crippen molar-refractivity contribution in [2.75, 3.05) is 4.90 Å². The van der Waals surface area contributed by atoms with Crippen molar-refractivity contribution < 1.29 is 4.79 Å². The van der Waals surface area contributed by atoms with Crippen molar-refractivity contribution in [1.29, 1.82) is 0 Å². The smallest absolute Gasteiger partial charge is 0.326 e. The number of benzene rings is 1. The molecule has 1 aromatic carbocycles. The molecule has 0 radical (unpaired) electrons. The highest BCUT2D eigenvalue weighted by Crippen LogP contribution is 2.27. The Balaban J connectivity index is 2.50. The summed E-state index contributed by atoms with van der Waals surface area (Å²) in [6, 6.07) is 5.41. The first-order chi connectivity index (χ1) is 10.1. The molecule has 0 atom stereocenters. The van der Waals surface area contributed by atoms with E-state index in [1.54, 1.807) is 0 Å². The molecule has 6 nitrogen and oxygen atoms in total. The highest BCUT2D eigenvalue weighted by Gasteiger charge is 2.22. The number of anilines is 2. The van der Waals surface area contributed by atoms with E-state index in [9.17, 15) is 4.79 Å². The number of aromatic nitrogens is 3. The van der Waals surface area contributed by atoms with Crippen molar-refractivity contribution >= 4 is 17.7 Å². The maximum atomic E-state index is 11.9. The number of amides is 2. The molecule has 0 spiro atoms. The van der Waals surface area contributed by atoms with Crippen LogP contribution in [0.2, 0.25) is 0 Å². The number of nitrogens with one attached hydrogen (secondary N) is 1. The quantitative estimate of drug-likeness (QED) is 0.886. The Morgan fingerprint density at radius 1 is 1.24 bits per heavy atom. The summed E-state index contributed by atoms with van der Waals surface area (Å²) in [5.41, 5.74) is 8.56. The lowest BCUT2D eigenvalue weighted by atomic mass is 10.0. The van der Waals surface area contributed by atoms with Gasteiger partial charge in [0.05, 0.1) is 5.69 Å². The van der Waals surface area contributed by atoms with Crippen LogP contribution in [-0.2, 0) is 19.3 Å². The standard InChI is InChI=1S/C15H21N5O/c1-4-10-7-8-12(11(5-2)9-10)20(14(16)21)15-17-13(6-3)18-19-15/h7-9H,4-6H2,1-3H3,(H2,16,21)(H,17,18,19). The van der Waals surface area contributed by atoms with Crippen molar-refractivity contribution in [1.82, 2.24) is 15.2 Å².